The molecule has 1 aromatic carbocycles. The van der Waals surface area contributed by atoms with Crippen LogP contribution in [-0.4, -0.2) is 10.9 Å². The fourth-order valence-electron chi connectivity index (χ4n) is 0.870. The molecule has 15 heavy (non-hydrogen) atoms. The number of hydrogen-bond donors (Lipinski definition) is 0. The van der Waals surface area contributed by atoms with Gasteiger partial charge >= 0.3 is 5.30 Å². The Hall–Kier alpha value is -0.230. The summed E-state index contributed by atoms with van der Waals surface area (Å²) in [5.74, 6) is 0. The van der Waals surface area contributed by atoms with E-state index in [-0.39, 0.29) is 5.30 Å². The van der Waals surface area contributed by atoms with Crippen LogP contribution in [0, 0.1) is 3.57 Å². The summed E-state index contributed by atoms with van der Waals surface area (Å²) in [4.78, 5) is 12.4. The van der Waals surface area contributed by atoms with E-state index in [2.05, 4.69) is 22.6 Å². The maximum absolute atomic E-state index is 11.5. The van der Waals surface area contributed by atoms with Gasteiger partial charge in [0.2, 0.25) is 0 Å². The Bertz CT molecular complexity index is 341. The van der Waals surface area contributed by atoms with Crippen LogP contribution in [0.1, 0.15) is 20.8 Å². The average molecular weight is 336 g/mol. The first-order valence-electron chi connectivity index (χ1n) is 4.53. The molecule has 0 N–H and O–H groups in total. The molecule has 0 saturated heterocycles. The molecular weight excluding hydrogens is 323 g/mol. The topological polar surface area (TPSA) is 26.3 Å². The zero-order valence-electron chi connectivity index (χ0n) is 8.91. The minimum atomic E-state index is -0.423. The number of thioether (sulfide) groups is 1. The van der Waals surface area contributed by atoms with Gasteiger partial charge in [0.05, 0.1) is 0 Å². The van der Waals surface area contributed by atoms with Crippen molar-refractivity contribution in [2.75, 3.05) is 0 Å². The van der Waals surface area contributed by atoms with Gasteiger partial charge in [0.25, 0.3) is 0 Å². The Balaban J connectivity index is 2.55. The van der Waals surface area contributed by atoms with Crippen molar-refractivity contribution in [3.63, 3.8) is 0 Å². The third kappa shape index (κ3) is 5.41. The maximum atomic E-state index is 11.5. The molecule has 0 bridgehead atoms. The van der Waals surface area contributed by atoms with E-state index in [1.807, 2.05) is 45.0 Å². The largest absolute Gasteiger partial charge is 0.452 e. The Morgan fingerprint density at radius 2 is 1.80 bits per heavy atom. The van der Waals surface area contributed by atoms with Crippen LogP contribution in [0.4, 0.5) is 4.79 Å². The van der Waals surface area contributed by atoms with Gasteiger partial charge in [-0.25, -0.2) is 4.79 Å². The standard InChI is InChI=1S/C11H13IO2S/c1-11(2,3)14-10(13)15-9-6-4-8(12)5-7-9/h4-7H,1-3H3. The minimum Gasteiger partial charge on any atom is -0.452 e. The van der Waals surface area contributed by atoms with Gasteiger partial charge in [-0.3, -0.25) is 0 Å². The van der Waals surface area contributed by atoms with Crippen molar-refractivity contribution < 1.29 is 9.53 Å². The smallest absolute Gasteiger partial charge is 0.372 e. The van der Waals surface area contributed by atoms with E-state index in [9.17, 15) is 4.79 Å². The number of benzene rings is 1. The van der Waals surface area contributed by atoms with E-state index in [0.29, 0.717) is 0 Å². The van der Waals surface area contributed by atoms with E-state index in [0.717, 1.165) is 20.2 Å². The van der Waals surface area contributed by atoms with Crippen molar-refractivity contribution >= 4 is 39.7 Å². The number of rotatable bonds is 1. The van der Waals surface area contributed by atoms with E-state index in [4.69, 9.17) is 4.74 Å². The highest BCUT2D eigenvalue weighted by Gasteiger charge is 2.16. The Kier molecular flexibility index (Phi) is 4.45. The highest BCUT2D eigenvalue weighted by Crippen LogP contribution is 2.23. The lowest BCUT2D eigenvalue weighted by atomic mass is 10.2. The molecule has 2 nitrogen and oxygen atoms in total. The average Bonchev–Trinajstić information content (AvgIpc) is 2.05. The quantitative estimate of drug-likeness (QED) is 0.434. The fourth-order valence-corrected chi connectivity index (χ4v) is 1.99. The summed E-state index contributed by atoms with van der Waals surface area (Å²) in [7, 11) is 0. The molecule has 0 aliphatic rings. The monoisotopic (exact) mass is 336 g/mol. The van der Waals surface area contributed by atoms with E-state index < -0.39 is 5.60 Å². The van der Waals surface area contributed by atoms with Gasteiger partial charge in [-0.2, -0.15) is 0 Å². The van der Waals surface area contributed by atoms with Crippen LogP contribution in [-0.2, 0) is 4.74 Å². The van der Waals surface area contributed by atoms with Crippen LogP contribution >= 0.6 is 34.4 Å². The highest BCUT2D eigenvalue weighted by molar-refractivity contribution is 14.1. The van der Waals surface area contributed by atoms with Gasteiger partial charge in [-0.1, -0.05) is 0 Å². The number of carbonyl (C=O) groups is 1. The lowest BCUT2D eigenvalue weighted by Gasteiger charge is -2.18. The van der Waals surface area contributed by atoms with Crippen molar-refractivity contribution in [3.05, 3.63) is 27.8 Å². The summed E-state index contributed by atoms with van der Waals surface area (Å²) in [6.07, 6.45) is 0. The molecule has 0 aliphatic carbocycles. The SMILES string of the molecule is CC(C)(C)OC(=O)Sc1ccc(I)cc1. The van der Waals surface area contributed by atoms with Crippen LogP contribution in [0.5, 0.6) is 0 Å². The summed E-state index contributed by atoms with van der Waals surface area (Å²) >= 11 is 3.34. The summed E-state index contributed by atoms with van der Waals surface area (Å²) < 4.78 is 6.35. The number of ether oxygens (including phenoxy) is 1. The van der Waals surface area contributed by atoms with Crippen molar-refractivity contribution in [2.24, 2.45) is 0 Å². The first-order valence-corrected chi connectivity index (χ1v) is 6.43. The molecule has 0 atom stereocenters. The molecule has 1 aromatic rings. The normalized spacial score (nSPS) is 11.2. The molecule has 0 heterocycles. The molecule has 0 radical (unpaired) electrons. The predicted octanol–water partition coefficient (Wildman–Crippen LogP) is 4.32. The van der Waals surface area contributed by atoms with Crippen molar-refractivity contribution in [2.45, 2.75) is 31.3 Å². The summed E-state index contributed by atoms with van der Waals surface area (Å²) in [5, 5.41) is -0.260. The van der Waals surface area contributed by atoms with Crippen LogP contribution in [0.2, 0.25) is 0 Å². The lowest BCUT2D eigenvalue weighted by Crippen LogP contribution is -2.21. The van der Waals surface area contributed by atoms with Gasteiger partial charge in [0.1, 0.15) is 5.60 Å². The van der Waals surface area contributed by atoms with Crippen LogP contribution in [0.25, 0.3) is 0 Å². The lowest BCUT2D eigenvalue weighted by molar-refractivity contribution is 0.0738. The van der Waals surface area contributed by atoms with Crippen LogP contribution in [0.3, 0.4) is 0 Å². The van der Waals surface area contributed by atoms with Gasteiger partial charge in [-0.05, 0) is 79.4 Å². The fraction of sp³-hybridized carbons (Fsp3) is 0.364. The van der Waals surface area contributed by atoms with Crippen LogP contribution < -0.4 is 0 Å². The first kappa shape index (κ1) is 12.8. The van der Waals surface area contributed by atoms with E-state index in [1.165, 1.54) is 0 Å². The second-order valence-electron chi connectivity index (χ2n) is 4.02. The third-order valence-electron chi connectivity index (χ3n) is 1.40. The number of halogens is 1. The maximum Gasteiger partial charge on any atom is 0.372 e. The first-order chi connectivity index (χ1) is 6.87. The van der Waals surface area contributed by atoms with E-state index >= 15 is 0 Å². The molecule has 82 valence electrons. The van der Waals surface area contributed by atoms with E-state index in [1.54, 1.807) is 0 Å². The van der Waals surface area contributed by atoms with Gasteiger partial charge < -0.3 is 4.74 Å². The Morgan fingerprint density at radius 3 is 2.27 bits per heavy atom. The summed E-state index contributed by atoms with van der Waals surface area (Å²) in [5.41, 5.74) is -0.423. The molecule has 1 rings (SSSR count). The molecule has 0 saturated carbocycles. The zero-order valence-corrected chi connectivity index (χ0v) is 11.9. The van der Waals surface area contributed by atoms with Crippen molar-refractivity contribution in [3.8, 4) is 0 Å². The van der Waals surface area contributed by atoms with Gasteiger partial charge in [0, 0.05) is 8.47 Å². The molecule has 0 aliphatic heterocycles. The van der Waals surface area contributed by atoms with Crippen LogP contribution in [0.15, 0.2) is 29.2 Å². The molecular formula is C11H13IO2S. The second kappa shape index (κ2) is 5.21. The minimum absolute atomic E-state index is 0.260. The molecule has 4 heteroatoms. The van der Waals surface area contributed by atoms with Gasteiger partial charge in [-0.15, -0.1) is 0 Å². The third-order valence-corrected chi connectivity index (χ3v) is 2.88. The number of carbonyl (C=O) groups excluding carboxylic acids is 1. The number of hydrogen-bond acceptors (Lipinski definition) is 3. The Morgan fingerprint density at radius 1 is 1.27 bits per heavy atom. The molecule has 0 spiro atoms. The zero-order chi connectivity index (χ0) is 11.5. The molecule has 0 unspecified atom stereocenters. The second-order valence-corrected chi connectivity index (χ2v) is 6.27. The van der Waals surface area contributed by atoms with Gasteiger partial charge in [0.15, 0.2) is 0 Å². The summed E-state index contributed by atoms with van der Waals surface area (Å²) in [6.45, 7) is 5.58. The molecule has 0 amide bonds. The summed E-state index contributed by atoms with van der Waals surface area (Å²) in [6, 6.07) is 7.76. The predicted molar refractivity (Wildman–Crippen MR) is 71.3 cm³/mol. The molecule has 0 aromatic heterocycles. The highest BCUT2D eigenvalue weighted by atomic mass is 127. The Labute approximate surface area is 108 Å². The van der Waals surface area contributed by atoms with Crippen molar-refractivity contribution in [1.29, 1.82) is 0 Å². The van der Waals surface area contributed by atoms with Crippen molar-refractivity contribution in [1.82, 2.24) is 0 Å². The molecule has 0 fully saturated rings.